The lowest BCUT2D eigenvalue weighted by Crippen LogP contribution is -2.27. The number of methoxy groups -OCH3 is 1. The van der Waals surface area contributed by atoms with Crippen molar-refractivity contribution < 1.29 is 14.3 Å². The van der Waals surface area contributed by atoms with Crippen LogP contribution in [-0.2, 0) is 11.2 Å². The molecule has 130 valence electrons. The molecule has 0 radical (unpaired) electrons. The summed E-state index contributed by atoms with van der Waals surface area (Å²) in [6.45, 7) is 1.92. The van der Waals surface area contributed by atoms with Gasteiger partial charge in [0, 0.05) is 5.56 Å². The van der Waals surface area contributed by atoms with E-state index in [9.17, 15) is 4.79 Å². The van der Waals surface area contributed by atoms with Crippen LogP contribution in [0, 0.1) is 6.92 Å². The van der Waals surface area contributed by atoms with Crippen molar-refractivity contribution in [2.45, 2.75) is 26.2 Å². The summed E-state index contributed by atoms with van der Waals surface area (Å²) in [4.78, 5) is 12.0. The number of nitrogens with zero attached hydrogens (tertiary/aromatic N) is 1. The first-order valence-electron chi connectivity index (χ1n) is 8.38. The highest BCUT2D eigenvalue weighted by molar-refractivity contribution is 6.03. The molecule has 1 amide bonds. The van der Waals surface area contributed by atoms with E-state index in [1.807, 2.05) is 49.4 Å². The van der Waals surface area contributed by atoms with Crippen LogP contribution in [0.15, 0.2) is 47.6 Å². The maximum Gasteiger partial charge on any atom is 0.277 e. The molecule has 2 aromatic rings. The molecule has 5 nitrogen and oxygen atoms in total. The average molecular weight is 338 g/mol. The standard InChI is InChI=1S/C20H22N2O3/c1-14-5-3-7-17(11-14)25-13-20(23)22-21-19-8-4-6-15-12-16(24-2)9-10-18(15)19/h3,5,7,9-12H,4,6,8,13H2,1-2H3,(H,22,23). The highest BCUT2D eigenvalue weighted by Crippen LogP contribution is 2.25. The molecule has 1 N–H and O–H groups in total. The predicted octanol–water partition coefficient (Wildman–Crippen LogP) is 3.24. The topological polar surface area (TPSA) is 59.9 Å². The summed E-state index contributed by atoms with van der Waals surface area (Å²) < 4.78 is 10.8. The third-order valence-corrected chi connectivity index (χ3v) is 4.16. The zero-order chi connectivity index (χ0) is 17.6. The number of hydrogen-bond donors (Lipinski definition) is 1. The van der Waals surface area contributed by atoms with E-state index in [1.54, 1.807) is 7.11 Å². The smallest absolute Gasteiger partial charge is 0.277 e. The Morgan fingerprint density at radius 3 is 2.84 bits per heavy atom. The Morgan fingerprint density at radius 2 is 2.04 bits per heavy atom. The van der Waals surface area contributed by atoms with Gasteiger partial charge in [-0.1, -0.05) is 12.1 Å². The second-order valence-electron chi connectivity index (χ2n) is 6.08. The number of benzene rings is 2. The largest absolute Gasteiger partial charge is 0.497 e. The van der Waals surface area contributed by atoms with E-state index in [0.29, 0.717) is 5.75 Å². The molecular formula is C20H22N2O3. The van der Waals surface area contributed by atoms with Crippen LogP contribution in [0.3, 0.4) is 0 Å². The number of hydrazone groups is 1. The fourth-order valence-electron chi connectivity index (χ4n) is 2.90. The quantitative estimate of drug-likeness (QED) is 0.852. The van der Waals surface area contributed by atoms with Crippen molar-refractivity contribution in [3.8, 4) is 11.5 Å². The number of carbonyl (C=O) groups excluding carboxylic acids is 1. The molecule has 5 heteroatoms. The van der Waals surface area contributed by atoms with E-state index >= 15 is 0 Å². The minimum atomic E-state index is -0.269. The van der Waals surface area contributed by atoms with Gasteiger partial charge in [-0.05, 0) is 67.6 Å². The Bertz CT molecular complexity index is 799. The van der Waals surface area contributed by atoms with Gasteiger partial charge < -0.3 is 9.47 Å². The summed E-state index contributed by atoms with van der Waals surface area (Å²) in [5, 5.41) is 4.31. The van der Waals surface area contributed by atoms with E-state index in [1.165, 1.54) is 5.56 Å². The number of rotatable bonds is 5. The number of aryl methyl sites for hydroxylation is 2. The fraction of sp³-hybridized carbons (Fsp3) is 0.300. The predicted molar refractivity (Wildman–Crippen MR) is 97.3 cm³/mol. The van der Waals surface area contributed by atoms with Crippen molar-refractivity contribution in [1.29, 1.82) is 0 Å². The van der Waals surface area contributed by atoms with Gasteiger partial charge in [-0.3, -0.25) is 4.79 Å². The lowest BCUT2D eigenvalue weighted by molar-refractivity contribution is -0.123. The molecule has 0 bridgehead atoms. The molecule has 0 saturated heterocycles. The number of ether oxygens (including phenoxy) is 2. The Labute approximate surface area is 147 Å². The summed E-state index contributed by atoms with van der Waals surface area (Å²) in [5.41, 5.74) is 6.87. The first kappa shape index (κ1) is 17.0. The number of nitrogens with one attached hydrogen (secondary N) is 1. The van der Waals surface area contributed by atoms with Crippen LogP contribution in [0.1, 0.15) is 29.5 Å². The van der Waals surface area contributed by atoms with Crippen molar-refractivity contribution in [3.05, 3.63) is 59.2 Å². The highest BCUT2D eigenvalue weighted by atomic mass is 16.5. The molecule has 3 rings (SSSR count). The van der Waals surface area contributed by atoms with Crippen molar-refractivity contribution in [2.75, 3.05) is 13.7 Å². The first-order valence-corrected chi connectivity index (χ1v) is 8.38. The zero-order valence-corrected chi connectivity index (χ0v) is 14.5. The van der Waals surface area contributed by atoms with Crippen LogP contribution in [0.2, 0.25) is 0 Å². The normalized spacial score (nSPS) is 14.7. The van der Waals surface area contributed by atoms with E-state index in [4.69, 9.17) is 9.47 Å². The summed E-state index contributed by atoms with van der Waals surface area (Å²) in [7, 11) is 1.66. The molecule has 0 aliphatic heterocycles. The molecule has 1 aliphatic carbocycles. The number of carbonyl (C=O) groups is 1. The summed E-state index contributed by atoms with van der Waals surface area (Å²) in [5.74, 6) is 1.25. The van der Waals surface area contributed by atoms with Crippen molar-refractivity contribution >= 4 is 11.6 Å². The minimum Gasteiger partial charge on any atom is -0.497 e. The van der Waals surface area contributed by atoms with E-state index < -0.39 is 0 Å². The highest BCUT2D eigenvalue weighted by Gasteiger charge is 2.16. The van der Waals surface area contributed by atoms with Crippen molar-refractivity contribution in [2.24, 2.45) is 5.10 Å². The van der Waals surface area contributed by atoms with Crippen LogP contribution in [0.4, 0.5) is 0 Å². The number of hydrogen-bond acceptors (Lipinski definition) is 4. The molecule has 0 aromatic heterocycles. The Kier molecular flexibility index (Phi) is 5.33. The lowest BCUT2D eigenvalue weighted by atomic mass is 9.90. The van der Waals surface area contributed by atoms with Crippen molar-refractivity contribution in [1.82, 2.24) is 5.43 Å². The summed E-state index contributed by atoms with van der Waals surface area (Å²) in [6, 6.07) is 13.6. The number of fused-ring (bicyclic) bond motifs is 1. The Balaban J connectivity index is 1.61. The SMILES string of the molecule is COc1ccc2c(c1)CCCC2=NNC(=O)COc1cccc(C)c1. The maximum absolute atomic E-state index is 12.0. The van der Waals surface area contributed by atoms with E-state index in [0.717, 1.165) is 41.9 Å². The second kappa shape index (κ2) is 7.83. The molecule has 0 saturated carbocycles. The van der Waals surface area contributed by atoms with Crippen molar-refractivity contribution in [3.63, 3.8) is 0 Å². The first-order chi connectivity index (χ1) is 12.2. The minimum absolute atomic E-state index is 0.0598. The molecule has 0 heterocycles. The van der Waals surface area contributed by atoms with Gasteiger partial charge in [0.25, 0.3) is 5.91 Å². The van der Waals surface area contributed by atoms with Gasteiger partial charge in [-0.2, -0.15) is 5.10 Å². The molecule has 25 heavy (non-hydrogen) atoms. The van der Waals surface area contributed by atoms with Gasteiger partial charge in [-0.15, -0.1) is 0 Å². The third kappa shape index (κ3) is 4.38. The molecular weight excluding hydrogens is 316 g/mol. The van der Waals surface area contributed by atoms with Gasteiger partial charge in [0.05, 0.1) is 12.8 Å². The van der Waals surface area contributed by atoms with Crippen LogP contribution < -0.4 is 14.9 Å². The van der Waals surface area contributed by atoms with Crippen LogP contribution >= 0.6 is 0 Å². The molecule has 1 aliphatic rings. The van der Waals surface area contributed by atoms with Gasteiger partial charge >= 0.3 is 0 Å². The van der Waals surface area contributed by atoms with Crippen LogP contribution in [0.5, 0.6) is 11.5 Å². The van der Waals surface area contributed by atoms with Gasteiger partial charge in [-0.25, -0.2) is 5.43 Å². The van der Waals surface area contributed by atoms with Gasteiger partial charge in [0.2, 0.25) is 0 Å². The average Bonchev–Trinajstić information content (AvgIpc) is 2.64. The maximum atomic E-state index is 12.0. The van der Waals surface area contributed by atoms with Gasteiger partial charge in [0.15, 0.2) is 6.61 Å². The summed E-state index contributed by atoms with van der Waals surface area (Å²) in [6.07, 6.45) is 2.85. The summed E-state index contributed by atoms with van der Waals surface area (Å²) >= 11 is 0. The lowest BCUT2D eigenvalue weighted by Gasteiger charge is -2.18. The van der Waals surface area contributed by atoms with E-state index in [-0.39, 0.29) is 12.5 Å². The van der Waals surface area contributed by atoms with Gasteiger partial charge in [0.1, 0.15) is 11.5 Å². The Hall–Kier alpha value is -2.82. The molecule has 0 fully saturated rings. The molecule has 0 spiro atoms. The number of amides is 1. The molecule has 0 unspecified atom stereocenters. The van der Waals surface area contributed by atoms with Crippen LogP contribution in [0.25, 0.3) is 0 Å². The monoisotopic (exact) mass is 338 g/mol. The third-order valence-electron chi connectivity index (χ3n) is 4.16. The van der Waals surface area contributed by atoms with Crippen LogP contribution in [-0.4, -0.2) is 25.3 Å². The second-order valence-corrected chi connectivity index (χ2v) is 6.08. The molecule has 0 atom stereocenters. The Morgan fingerprint density at radius 1 is 1.16 bits per heavy atom. The van der Waals surface area contributed by atoms with E-state index in [2.05, 4.69) is 10.5 Å². The molecule has 2 aromatic carbocycles. The fourth-order valence-corrected chi connectivity index (χ4v) is 2.90. The zero-order valence-electron chi connectivity index (χ0n) is 14.5.